The summed E-state index contributed by atoms with van der Waals surface area (Å²) in [4.78, 5) is 2.60. The van der Waals surface area contributed by atoms with Crippen LogP contribution in [0.3, 0.4) is 0 Å². The molecular formula is C18H8N2S4Se. The fourth-order valence-electron chi connectivity index (χ4n) is 3.06. The Labute approximate surface area is 165 Å². The van der Waals surface area contributed by atoms with Gasteiger partial charge in [0, 0.05) is 0 Å². The summed E-state index contributed by atoms with van der Waals surface area (Å²) in [6.45, 7) is 0. The molecule has 0 fully saturated rings. The van der Waals surface area contributed by atoms with Gasteiger partial charge in [0.2, 0.25) is 0 Å². The van der Waals surface area contributed by atoms with Crippen molar-refractivity contribution in [1.29, 1.82) is 0 Å². The van der Waals surface area contributed by atoms with E-state index in [4.69, 9.17) is 7.96 Å². The molecule has 0 aliphatic heterocycles. The summed E-state index contributed by atoms with van der Waals surface area (Å²) in [6, 6.07) is 13.5. The number of hydrogen-bond donors (Lipinski definition) is 0. The van der Waals surface area contributed by atoms with Crippen molar-refractivity contribution in [2.24, 2.45) is 0 Å². The molecule has 2 nitrogen and oxygen atoms in total. The van der Waals surface area contributed by atoms with Crippen LogP contribution >= 0.6 is 45.3 Å². The second-order valence-electron chi connectivity index (χ2n) is 5.64. The molecule has 0 saturated carbocycles. The van der Waals surface area contributed by atoms with Crippen LogP contribution in [0.1, 0.15) is 0 Å². The maximum absolute atomic E-state index is 4.77. The number of aromatic nitrogens is 2. The first-order valence-corrected chi connectivity index (χ1v) is 12.5. The SMILES string of the molecule is c1cc2sc(-c3ccc(-c4cc5sccc5s4)c4n[se]nc34)cc2s1. The molecule has 0 bridgehead atoms. The number of nitrogens with zero attached hydrogens (tertiary/aromatic N) is 2. The average Bonchev–Trinajstić information content (AvgIpc) is 3.35. The molecule has 0 aliphatic carbocycles. The Balaban J connectivity index is 1.58. The Morgan fingerprint density at radius 3 is 1.64 bits per heavy atom. The van der Waals surface area contributed by atoms with Crippen LogP contribution in [0.15, 0.2) is 47.2 Å². The molecule has 0 spiro atoms. The summed E-state index contributed by atoms with van der Waals surface area (Å²) >= 11 is 7.27. The van der Waals surface area contributed by atoms with Crippen molar-refractivity contribution in [3.8, 4) is 20.9 Å². The van der Waals surface area contributed by atoms with Gasteiger partial charge in [-0.3, -0.25) is 0 Å². The van der Waals surface area contributed by atoms with Crippen molar-refractivity contribution >= 4 is 90.1 Å². The summed E-state index contributed by atoms with van der Waals surface area (Å²) in [5.74, 6) is 0. The Hall–Kier alpha value is -1.34. The Morgan fingerprint density at radius 1 is 0.640 bits per heavy atom. The minimum absolute atomic E-state index is 0.0313. The van der Waals surface area contributed by atoms with E-state index in [0.29, 0.717) is 0 Å². The average molecular weight is 460 g/mol. The Morgan fingerprint density at radius 2 is 1.16 bits per heavy atom. The molecule has 0 saturated heterocycles. The summed E-state index contributed by atoms with van der Waals surface area (Å²) < 4.78 is 15.0. The predicted octanol–water partition coefficient (Wildman–Crippen LogP) is 6.57. The number of thiophene rings is 4. The third kappa shape index (κ3) is 2.24. The van der Waals surface area contributed by atoms with Gasteiger partial charge >= 0.3 is 166 Å². The molecule has 0 unspecified atom stereocenters. The summed E-state index contributed by atoms with van der Waals surface area (Å²) in [7, 11) is 0. The van der Waals surface area contributed by atoms with Gasteiger partial charge in [0.15, 0.2) is 0 Å². The van der Waals surface area contributed by atoms with Crippen molar-refractivity contribution < 1.29 is 0 Å². The van der Waals surface area contributed by atoms with Gasteiger partial charge in [0.05, 0.1) is 0 Å². The van der Waals surface area contributed by atoms with E-state index in [-0.39, 0.29) is 15.0 Å². The first-order chi connectivity index (χ1) is 12.4. The molecule has 1 aromatic carbocycles. The van der Waals surface area contributed by atoms with E-state index in [2.05, 4.69) is 47.2 Å². The molecule has 25 heavy (non-hydrogen) atoms. The standard InChI is InChI=1S/C18H8N2S4Se/c1-2-10(14-8-16-12(24-14)4-6-22-16)18-17(19-25-20-18)9(1)13-7-15-11(23-13)3-5-21-15/h1-8H. The van der Waals surface area contributed by atoms with Gasteiger partial charge in [-0.15, -0.1) is 0 Å². The topological polar surface area (TPSA) is 25.8 Å². The first kappa shape index (κ1) is 14.8. The third-order valence-corrected chi connectivity index (χ3v) is 9.59. The second kappa shape index (κ2) is 5.58. The normalized spacial score (nSPS) is 12.0. The van der Waals surface area contributed by atoms with E-state index in [1.165, 1.54) is 39.7 Å². The van der Waals surface area contributed by atoms with Crippen LogP contribution in [-0.4, -0.2) is 22.9 Å². The van der Waals surface area contributed by atoms with Crippen LogP contribution in [0.5, 0.6) is 0 Å². The molecule has 6 aromatic rings. The molecule has 0 aliphatic rings. The molecule has 6 rings (SSSR count). The van der Waals surface area contributed by atoms with E-state index in [0.717, 1.165) is 11.0 Å². The van der Waals surface area contributed by atoms with Crippen molar-refractivity contribution in [2.75, 3.05) is 0 Å². The zero-order chi connectivity index (χ0) is 16.4. The number of rotatable bonds is 2. The van der Waals surface area contributed by atoms with E-state index >= 15 is 0 Å². The van der Waals surface area contributed by atoms with Gasteiger partial charge in [-0.05, 0) is 0 Å². The third-order valence-electron chi connectivity index (χ3n) is 4.23. The second-order valence-corrected chi connectivity index (χ2v) is 10.8. The molecule has 7 heteroatoms. The van der Waals surface area contributed by atoms with E-state index in [9.17, 15) is 0 Å². The number of benzene rings is 1. The minimum atomic E-state index is -0.0313. The zero-order valence-corrected chi connectivity index (χ0v) is 17.5. The summed E-state index contributed by atoms with van der Waals surface area (Å²) in [5.41, 5.74) is 4.63. The molecular weight excluding hydrogens is 451 g/mol. The fourth-order valence-corrected chi connectivity index (χ4v) is 8.53. The van der Waals surface area contributed by atoms with Crippen LogP contribution in [0.4, 0.5) is 0 Å². The Bertz CT molecular complexity index is 1200. The summed E-state index contributed by atoms with van der Waals surface area (Å²) in [6.07, 6.45) is 0. The van der Waals surface area contributed by atoms with Crippen LogP contribution < -0.4 is 0 Å². The maximum atomic E-state index is 4.77. The van der Waals surface area contributed by atoms with Gasteiger partial charge in [-0.2, -0.15) is 0 Å². The first-order valence-electron chi connectivity index (χ1n) is 7.57. The zero-order valence-electron chi connectivity index (χ0n) is 12.6. The van der Waals surface area contributed by atoms with Crippen molar-refractivity contribution in [3.05, 3.63) is 47.2 Å². The van der Waals surface area contributed by atoms with Crippen LogP contribution in [-0.2, 0) is 0 Å². The van der Waals surface area contributed by atoms with Gasteiger partial charge < -0.3 is 0 Å². The van der Waals surface area contributed by atoms with Crippen LogP contribution in [0, 0.1) is 0 Å². The molecule has 0 amide bonds. The Kier molecular flexibility index (Phi) is 3.30. The monoisotopic (exact) mass is 460 g/mol. The molecule has 5 heterocycles. The quantitative estimate of drug-likeness (QED) is 0.274. The van der Waals surface area contributed by atoms with Crippen molar-refractivity contribution in [1.82, 2.24) is 7.96 Å². The molecule has 0 atom stereocenters. The van der Waals surface area contributed by atoms with Crippen molar-refractivity contribution in [2.45, 2.75) is 0 Å². The molecule has 0 N–H and O–H groups in total. The van der Waals surface area contributed by atoms with Crippen LogP contribution in [0.25, 0.3) is 50.7 Å². The van der Waals surface area contributed by atoms with Gasteiger partial charge in [0.25, 0.3) is 0 Å². The van der Waals surface area contributed by atoms with E-state index < -0.39 is 0 Å². The molecule has 0 radical (unpaired) electrons. The van der Waals surface area contributed by atoms with Gasteiger partial charge in [-0.1, -0.05) is 0 Å². The summed E-state index contributed by atoms with van der Waals surface area (Å²) in [5, 5.41) is 4.31. The van der Waals surface area contributed by atoms with Crippen molar-refractivity contribution in [3.63, 3.8) is 0 Å². The van der Waals surface area contributed by atoms with Gasteiger partial charge in [0.1, 0.15) is 0 Å². The number of fused-ring (bicyclic) bond motifs is 3. The van der Waals surface area contributed by atoms with E-state index in [1.807, 2.05) is 22.7 Å². The fraction of sp³-hybridized carbons (Fsp3) is 0. The molecule has 120 valence electrons. The van der Waals surface area contributed by atoms with Gasteiger partial charge in [-0.25, -0.2) is 0 Å². The molecule has 5 aromatic heterocycles. The predicted molar refractivity (Wildman–Crippen MR) is 114 cm³/mol. The van der Waals surface area contributed by atoms with E-state index in [1.54, 1.807) is 22.7 Å². The van der Waals surface area contributed by atoms with Crippen LogP contribution in [0.2, 0.25) is 0 Å². The number of hydrogen-bond acceptors (Lipinski definition) is 6.